The topological polar surface area (TPSA) is 40.5 Å². The van der Waals surface area contributed by atoms with E-state index in [-0.39, 0.29) is 5.92 Å². The molecule has 72 valence electrons. The molecule has 3 nitrogen and oxygen atoms in total. The first kappa shape index (κ1) is 11.4. The molecule has 0 aromatic rings. The Balaban J connectivity index is 3.68. The second kappa shape index (κ2) is 5.14. The van der Waals surface area contributed by atoms with Gasteiger partial charge in [0.05, 0.1) is 5.92 Å². The number of aliphatic carboxylic acids is 1. The summed E-state index contributed by atoms with van der Waals surface area (Å²) in [6.45, 7) is 7.58. The molecule has 0 saturated heterocycles. The Kier molecular flexibility index (Phi) is 4.90. The van der Waals surface area contributed by atoms with E-state index in [0.717, 1.165) is 6.54 Å². The van der Waals surface area contributed by atoms with E-state index in [4.69, 9.17) is 5.11 Å². The quantitative estimate of drug-likeness (QED) is 0.681. The maximum atomic E-state index is 10.5. The fraction of sp³-hybridized carbons (Fsp3) is 0.889. The molecule has 0 fully saturated rings. The van der Waals surface area contributed by atoms with Crippen molar-refractivity contribution in [2.75, 3.05) is 20.1 Å². The normalized spacial score (nSPS) is 13.8. The lowest BCUT2D eigenvalue weighted by atomic mass is 10.1. The van der Waals surface area contributed by atoms with E-state index in [9.17, 15) is 4.79 Å². The standard InChI is InChI=1S/C9H19NO2/c1-7(2)5-10(4)6-8(3)9(11)12/h7-8H,5-6H2,1-4H3,(H,11,12). The summed E-state index contributed by atoms with van der Waals surface area (Å²) in [5.74, 6) is -0.393. The minimum absolute atomic E-state index is 0.270. The van der Waals surface area contributed by atoms with Crippen molar-refractivity contribution in [3.63, 3.8) is 0 Å². The van der Waals surface area contributed by atoms with Crippen LogP contribution in [0.25, 0.3) is 0 Å². The molecule has 1 unspecified atom stereocenters. The Bertz CT molecular complexity index is 145. The van der Waals surface area contributed by atoms with E-state index < -0.39 is 5.97 Å². The van der Waals surface area contributed by atoms with Crippen LogP contribution < -0.4 is 0 Å². The van der Waals surface area contributed by atoms with Crippen molar-refractivity contribution < 1.29 is 9.90 Å². The lowest BCUT2D eigenvalue weighted by molar-refractivity contribution is -0.141. The monoisotopic (exact) mass is 173 g/mol. The minimum Gasteiger partial charge on any atom is -0.481 e. The first-order valence-electron chi connectivity index (χ1n) is 4.34. The SMILES string of the molecule is CC(C)CN(C)CC(C)C(=O)O. The van der Waals surface area contributed by atoms with Gasteiger partial charge in [0, 0.05) is 13.1 Å². The highest BCUT2D eigenvalue weighted by atomic mass is 16.4. The molecule has 1 atom stereocenters. The van der Waals surface area contributed by atoms with Gasteiger partial charge in [-0.05, 0) is 13.0 Å². The third-order valence-electron chi connectivity index (χ3n) is 1.68. The molecule has 0 aromatic carbocycles. The van der Waals surface area contributed by atoms with Gasteiger partial charge >= 0.3 is 5.97 Å². The molecule has 12 heavy (non-hydrogen) atoms. The van der Waals surface area contributed by atoms with E-state index in [1.165, 1.54) is 0 Å². The van der Waals surface area contributed by atoms with Gasteiger partial charge in [-0.15, -0.1) is 0 Å². The molecule has 0 amide bonds. The van der Waals surface area contributed by atoms with E-state index in [0.29, 0.717) is 12.5 Å². The summed E-state index contributed by atoms with van der Waals surface area (Å²) >= 11 is 0. The van der Waals surface area contributed by atoms with E-state index in [1.807, 2.05) is 7.05 Å². The third-order valence-corrected chi connectivity index (χ3v) is 1.68. The molecular formula is C9H19NO2. The predicted molar refractivity (Wildman–Crippen MR) is 49.1 cm³/mol. The zero-order chi connectivity index (χ0) is 9.72. The molecule has 0 rings (SSSR count). The van der Waals surface area contributed by atoms with Gasteiger partial charge in [0.2, 0.25) is 0 Å². The molecular weight excluding hydrogens is 154 g/mol. The van der Waals surface area contributed by atoms with Crippen molar-refractivity contribution in [3.8, 4) is 0 Å². The van der Waals surface area contributed by atoms with Crippen LogP contribution in [0, 0.1) is 11.8 Å². The first-order valence-corrected chi connectivity index (χ1v) is 4.34. The van der Waals surface area contributed by atoms with Gasteiger partial charge < -0.3 is 10.0 Å². The number of carboxylic acids is 1. The second-order valence-electron chi connectivity index (χ2n) is 3.85. The van der Waals surface area contributed by atoms with Crippen molar-refractivity contribution in [2.24, 2.45) is 11.8 Å². The highest BCUT2D eigenvalue weighted by molar-refractivity contribution is 5.69. The van der Waals surface area contributed by atoms with Crippen molar-refractivity contribution in [3.05, 3.63) is 0 Å². The van der Waals surface area contributed by atoms with Crippen LogP contribution >= 0.6 is 0 Å². The Morgan fingerprint density at radius 2 is 1.83 bits per heavy atom. The fourth-order valence-corrected chi connectivity index (χ4v) is 1.24. The smallest absolute Gasteiger partial charge is 0.307 e. The third kappa shape index (κ3) is 5.13. The largest absolute Gasteiger partial charge is 0.481 e. The zero-order valence-corrected chi connectivity index (χ0v) is 8.37. The van der Waals surface area contributed by atoms with Crippen LogP contribution in [-0.4, -0.2) is 36.1 Å². The average molecular weight is 173 g/mol. The second-order valence-corrected chi connectivity index (χ2v) is 3.85. The number of hydrogen-bond acceptors (Lipinski definition) is 2. The van der Waals surface area contributed by atoms with Gasteiger partial charge in [-0.1, -0.05) is 20.8 Å². The van der Waals surface area contributed by atoms with Crippen molar-refractivity contribution in [1.29, 1.82) is 0 Å². The van der Waals surface area contributed by atoms with Gasteiger partial charge in [-0.3, -0.25) is 4.79 Å². The number of carbonyl (C=O) groups is 1. The van der Waals surface area contributed by atoms with E-state index in [2.05, 4.69) is 18.7 Å². The van der Waals surface area contributed by atoms with Crippen molar-refractivity contribution in [1.82, 2.24) is 4.90 Å². The Labute approximate surface area is 74.4 Å². The van der Waals surface area contributed by atoms with E-state index in [1.54, 1.807) is 6.92 Å². The number of rotatable bonds is 5. The summed E-state index contributed by atoms with van der Waals surface area (Å²) in [4.78, 5) is 12.6. The van der Waals surface area contributed by atoms with Gasteiger partial charge in [-0.2, -0.15) is 0 Å². The Morgan fingerprint density at radius 1 is 1.33 bits per heavy atom. The van der Waals surface area contributed by atoms with Crippen molar-refractivity contribution >= 4 is 5.97 Å². The summed E-state index contributed by atoms with van der Waals surface area (Å²) < 4.78 is 0. The maximum Gasteiger partial charge on any atom is 0.307 e. The van der Waals surface area contributed by atoms with Crippen LogP contribution in [0.2, 0.25) is 0 Å². The van der Waals surface area contributed by atoms with Gasteiger partial charge in [0.1, 0.15) is 0 Å². The highest BCUT2D eigenvalue weighted by Gasteiger charge is 2.13. The molecule has 0 aliphatic heterocycles. The Hall–Kier alpha value is -0.570. The summed E-state index contributed by atoms with van der Waals surface area (Å²) in [7, 11) is 1.96. The molecule has 0 bridgehead atoms. The first-order chi connectivity index (χ1) is 5.43. The summed E-state index contributed by atoms with van der Waals surface area (Å²) in [5, 5.41) is 8.64. The van der Waals surface area contributed by atoms with Gasteiger partial charge in [0.25, 0.3) is 0 Å². The maximum absolute atomic E-state index is 10.5. The molecule has 0 aliphatic rings. The van der Waals surface area contributed by atoms with Crippen LogP contribution in [0.5, 0.6) is 0 Å². The van der Waals surface area contributed by atoms with Gasteiger partial charge in [0.15, 0.2) is 0 Å². The molecule has 0 aliphatic carbocycles. The molecule has 0 aromatic heterocycles. The predicted octanol–water partition coefficient (Wildman–Crippen LogP) is 1.29. The van der Waals surface area contributed by atoms with Crippen LogP contribution in [-0.2, 0) is 4.79 Å². The lowest BCUT2D eigenvalue weighted by Crippen LogP contribution is -2.31. The zero-order valence-electron chi connectivity index (χ0n) is 8.37. The molecule has 0 heterocycles. The number of nitrogens with zero attached hydrogens (tertiary/aromatic N) is 1. The number of carboxylic acid groups (broad SMARTS) is 1. The average Bonchev–Trinajstić information content (AvgIpc) is 1.84. The van der Waals surface area contributed by atoms with E-state index >= 15 is 0 Å². The molecule has 0 saturated carbocycles. The molecule has 0 spiro atoms. The van der Waals surface area contributed by atoms with Crippen molar-refractivity contribution in [2.45, 2.75) is 20.8 Å². The summed E-state index contributed by atoms with van der Waals surface area (Å²) in [6.07, 6.45) is 0. The molecule has 3 heteroatoms. The van der Waals surface area contributed by atoms with Crippen LogP contribution in [0.3, 0.4) is 0 Å². The van der Waals surface area contributed by atoms with Crippen LogP contribution in [0.15, 0.2) is 0 Å². The molecule has 0 radical (unpaired) electrons. The minimum atomic E-state index is -0.717. The van der Waals surface area contributed by atoms with Crippen LogP contribution in [0.4, 0.5) is 0 Å². The molecule has 1 N–H and O–H groups in total. The Morgan fingerprint density at radius 3 is 2.17 bits per heavy atom. The highest BCUT2D eigenvalue weighted by Crippen LogP contribution is 2.01. The summed E-state index contributed by atoms with van der Waals surface area (Å²) in [6, 6.07) is 0. The summed E-state index contributed by atoms with van der Waals surface area (Å²) in [5.41, 5.74) is 0. The fourth-order valence-electron chi connectivity index (χ4n) is 1.24. The number of hydrogen-bond donors (Lipinski definition) is 1. The lowest BCUT2D eigenvalue weighted by Gasteiger charge is -2.20. The van der Waals surface area contributed by atoms with Crippen LogP contribution in [0.1, 0.15) is 20.8 Å². The van der Waals surface area contributed by atoms with Gasteiger partial charge in [-0.25, -0.2) is 0 Å².